The summed E-state index contributed by atoms with van der Waals surface area (Å²) in [6.07, 6.45) is 13.1. The van der Waals surface area contributed by atoms with Crippen LogP contribution in [0, 0.1) is 5.82 Å². The Kier molecular flexibility index (Phi) is 14.3. The molecule has 0 bridgehead atoms. The first-order valence-electron chi connectivity index (χ1n) is 11.9. The van der Waals surface area contributed by atoms with Crippen LogP contribution in [0.5, 0.6) is 0 Å². The van der Waals surface area contributed by atoms with Crippen molar-refractivity contribution in [3.8, 4) is 0 Å². The summed E-state index contributed by atoms with van der Waals surface area (Å²) in [7, 11) is 0. The molecule has 0 radical (unpaired) electrons. The SMILES string of the molecule is CCCCCCCCCCCCCCCCCOC(=O)c1c(F)cccc1C(F)(F)F. The minimum atomic E-state index is -4.80. The molecule has 6 heteroatoms. The first-order valence-corrected chi connectivity index (χ1v) is 11.9. The van der Waals surface area contributed by atoms with Crippen LogP contribution in [0.15, 0.2) is 18.2 Å². The maximum Gasteiger partial charge on any atom is 0.417 e. The van der Waals surface area contributed by atoms with Gasteiger partial charge < -0.3 is 4.74 Å². The number of rotatable bonds is 17. The molecule has 0 N–H and O–H groups in total. The Hall–Kier alpha value is -1.59. The van der Waals surface area contributed by atoms with Crippen molar-refractivity contribution in [2.45, 2.75) is 109 Å². The zero-order chi connectivity index (χ0) is 23.0. The fourth-order valence-corrected chi connectivity index (χ4v) is 3.68. The monoisotopic (exact) mass is 446 g/mol. The smallest absolute Gasteiger partial charge is 0.417 e. The van der Waals surface area contributed by atoms with Crippen molar-refractivity contribution >= 4 is 5.97 Å². The van der Waals surface area contributed by atoms with Gasteiger partial charge in [0.05, 0.1) is 12.2 Å². The van der Waals surface area contributed by atoms with Gasteiger partial charge in [-0.05, 0) is 18.6 Å². The van der Waals surface area contributed by atoms with Crippen LogP contribution < -0.4 is 0 Å². The van der Waals surface area contributed by atoms with Crippen LogP contribution in [-0.4, -0.2) is 12.6 Å². The summed E-state index contributed by atoms with van der Waals surface area (Å²) in [5.41, 5.74) is -2.33. The molecule has 0 saturated heterocycles. The molecule has 0 aliphatic carbocycles. The van der Waals surface area contributed by atoms with Crippen molar-refractivity contribution in [3.63, 3.8) is 0 Å². The lowest BCUT2D eigenvalue weighted by Crippen LogP contribution is -2.17. The predicted octanol–water partition coefficient (Wildman–Crippen LogP) is 8.87. The summed E-state index contributed by atoms with van der Waals surface area (Å²) in [4.78, 5) is 11.9. The van der Waals surface area contributed by atoms with Crippen LogP contribution >= 0.6 is 0 Å². The molecule has 2 nitrogen and oxygen atoms in total. The van der Waals surface area contributed by atoms with Crippen molar-refractivity contribution in [2.75, 3.05) is 6.61 Å². The number of esters is 1. The van der Waals surface area contributed by atoms with Crippen molar-refractivity contribution in [2.24, 2.45) is 0 Å². The van der Waals surface area contributed by atoms with Crippen LogP contribution in [0.3, 0.4) is 0 Å². The fraction of sp³-hybridized carbons (Fsp3) is 0.720. The Balaban J connectivity index is 2.03. The second-order valence-electron chi connectivity index (χ2n) is 8.25. The normalized spacial score (nSPS) is 11.6. The number of halogens is 4. The van der Waals surface area contributed by atoms with Gasteiger partial charge in [-0.25, -0.2) is 9.18 Å². The van der Waals surface area contributed by atoms with Crippen molar-refractivity contribution in [1.29, 1.82) is 0 Å². The molecule has 0 unspecified atom stereocenters. The van der Waals surface area contributed by atoms with Crippen LogP contribution in [0.1, 0.15) is 119 Å². The highest BCUT2D eigenvalue weighted by Gasteiger charge is 2.37. The lowest BCUT2D eigenvalue weighted by atomic mass is 10.0. The summed E-state index contributed by atoms with van der Waals surface area (Å²) in [5, 5.41) is 0. The highest BCUT2D eigenvalue weighted by molar-refractivity contribution is 5.91. The summed E-state index contributed by atoms with van der Waals surface area (Å²) in [5.74, 6) is -2.47. The number of alkyl halides is 3. The van der Waals surface area contributed by atoms with Gasteiger partial charge >= 0.3 is 12.1 Å². The van der Waals surface area contributed by atoms with E-state index in [1.165, 1.54) is 70.6 Å². The van der Waals surface area contributed by atoms with E-state index in [0.717, 1.165) is 31.4 Å². The van der Waals surface area contributed by atoms with E-state index in [4.69, 9.17) is 4.74 Å². The van der Waals surface area contributed by atoms with E-state index in [0.29, 0.717) is 12.5 Å². The number of carbonyl (C=O) groups is 1. The van der Waals surface area contributed by atoms with Crippen molar-refractivity contribution < 1.29 is 27.1 Å². The molecule has 0 heterocycles. The lowest BCUT2D eigenvalue weighted by molar-refractivity contribution is -0.138. The largest absolute Gasteiger partial charge is 0.462 e. The van der Waals surface area contributed by atoms with E-state index in [-0.39, 0.29) is 6.61 Å². The second-order valence-corrected chi connectivity index (χ2v) is 8.25. The molecule has 31 heavy (non-hydrogen) atoms. The highest BCUT2D eigenvalue weighted by atomic mass is 19.4. The van der Waals surface area contributed by atoms with Gasteiger partial charge in [0.1, 0.15) is 11.4 Å². The number of ether oxygens (including phenoxy) is 1. The minimum Gasteiger partial charge on any atom is -0.462 e. The Bertz CT molecular complexity index is 614. The Morgan fingerprint density at radius 1 is 0.774 bits per heavy atom. The third-order valence-corrected chi connectivity index (χ3v) is 5.50. The second kappa shape index (κ2) is 16.1. The van der Waals surface area contributed by atoms with E-state index >= 15 is 0 Å². The predicted molar refractivity (Wildman–Crippen MR) is 117 cm³/mol. The Morgan fingerprint density at radius 2 is 1.23 bits per heavy atom. The van der Waals surface area contributed by atoms with Gasteiger partial charge in [-0.2, -0.15) is 13.2 Å². The molecule has 0 fully saturated rings. The summed E-state index contributed by atoms with van der Waals surface area (Å²) < 4.78 is 57.5. The van der Waals surface area contributed by atoms with Gasteiger partial charge in [-0.3, -0.25) is 0 Å². The molecule has 0 aliphatic heterocycles. The zero-order valence-corrected chi connectivity index (χ0v) is 18.9. The average molecular weight is 447 g/mol. The van der Waals surface area contributed by atoms with Gasteiger partial charge in [-0.15, -0.1) is 0 Å². The third kappa shape index (κ3) is 12.1. The zero-order valence-electron chi connectivity index (χ0n) is 18.9. The Morgan fingerprint density at radius 3 is 1.68 bits per heavy atom. The minimum absolute atomic E-state index is 0.00270. The summed E-state index contributed by atoms with van der Waals surface area (Å²) >= 11 is 0. The number of hydrogen-bond acceptors (Lipinski definition) is 2. The molecule has 1 aromatic carbocycles. The van der Waals surface area contributed by atoms with E-state index in [2.05, 4.69) is 6.92 Å². The molecule has 0 spiro atoms. The van der Waals surface area contributed by atoms with Crippen LogP contribution in [0.2, 0.25) is 0 Å². The summed E-state index contributed by atoms with van der Waals surface area (Å²) in [6, 6.07) is 2.45. The van der Waals surface area contributed by atoms with E-state index in [1.54, 1.807) is 0 Å². The maximum absolute atomic E-state index is 13.7. The van der Waals surface area contributed by atoms with Gasteiger partial charge in [-0.1, -0.05) is 103 Å². The number of benzene rings is 1. The van der Waals surface area contributed by atoms with Gasteiger partial charge in [0.25, 0.3) is 0 Å². The summed E-state index contributed by atoms with van der Waals surface area (Å²) in [6.45, 7) is 2.24. The van der Waals surface area contributed by atoms with Gasteiger partial charge in [0, 0.05) is 0 Å². The average Bonchev–Trinajstić information content (AvgIpc) is 2.72. The van der Waals surface area contributed by atoms with E-state index in [1.807, 2.05) is 0 Å². The molecule has 0 amide bonds. The first kappa shape index (κ1) is 27.4. The standard InChI is InChI=1S/C25H38F4O2/c1-2-3-4-5-6-7-8-9-10-11-12-13-14-15-16-20-31-24(30)23-21(25(27,28)29)18-17-19-22(23)26/h17-19H,2-16,20H2,1H3. The number of hydrogen-bond donors (Lipinski definition) is 0. The van der Waals surface area contributed by atoms with Crippen LogP contribution in [0.4, 0.5) is 17.6 Å². The fourth-order valence-electron chi connectivity index (χ4n) is 3.68. The van der Waals surface area contributed by atoms with Crippen LogP contribution in [-0.2, 0) is 10.9 Å². The molecule has 1 aromatic rings. The topological polar surface area (TPSA) is 26.3 Å². The maximum atomic E-state index is 13.7. The van der Waals surface area contributed by atoms with Crippen molar-refractivity contribution in [3.05, 3.63) is 35.1 Å². The molecular weight excluding hydrogens is 408 g/mol. The molecule has 178 valence electrons. The number of unbranched alkanes of at least 4 members (excludes halogenated alkanes) is 14. The molecule has 0 atom stereocenters. The molecule has 1 rings (SSSR count). The van der Waals surface area contributed by atoms with Crippen molar-refractivity contribution in [1.82, 2.24) is 0 Å². The third-order valence-electron chi connectivity index (χ3n) is 5.50. The van der Waals surface area contributed by atoms with Gasteiger partial charge in [0.15, 0.2) is 0 Å². The molecule has 0 aliphatic rings. The van der Waals surface area contributed by atoms with Crippen LogP contribution in [0.25, 0.3) is 0 Å². The quantitative estimate of drug-likeness (QED) is 0.136. The Labute approximate surface area is 184 Å². The molecular formula is C25H38F4O2. The lowest BCUT2D eigenvalue weighted by Gasteiger charge is -2.13. The first-order chi connectivity index (χ1) is 14.9. The van der Waals surface area contributed by atoms with E-state index in [9.17, 15) is 22.4 Å². The molecule has 0 aromatic heterocycles. The number of carbonyl (C=O) groups excluding carboxylic acids is 1. The van der Waals surface area contributed by atoms with E-state index < -0.39 is 29.1 Å². The highest BCUT2D eigenvalue weighted by Crippen LogP contribution is 2.33. The van der Waals surface area contributed by atoms with Gasteiger partial charge in [0.2, 0.25) is 0 Å². The molecule has 0 saturated carbocycles.